The van der Waals surface area contributed by atoms with Crippen molar-refractivity contribution in [3.05, 3.63) is 77.3 Å². The van der Waals surface area contributed by atoms with Gasteiger partial charge in [0.15, 0.2) is 0 Å². The Morgan fingerprint density at radius 2 is 1.94 bits per heavy atom. The lowest BCUT2D eigenvalue weighted by atomic mass is 10.0. The molecule has 2 aromatic heterocycles. The summed E-state index contributed by atoms with van der Waals surface area (Å²) in [6.07, 6.45) is 4.48. The number of carbonyl (C=O) groups excluding carboxylic acids is 1. The van der Waals surface area contributed by atoms with Crippen molar-refractivity contribution in [3.8, 4) is 0 Å². The number of hydrogen-bond donors (Lipinski definition) is 1. The molecule has 2 atom stereocenters. The molecule has 3 aromatic rings. The van der Waals surface area contributed by atoms with Crippen LogP contribution in [-0.4, -0.2) is 27.4 Å². The van der Waals surface area contributed by atoms with Crippen molar-refractivity contribution in [2.24, 2.45) is 5.92 Å². The number of halogens is 1. The molecule has 0 bridgehead atoms. The number of aryl methyl sites for hydroxylation is 2. The molecule has 1 unspecified atom stereocenters. The first kappa shape index (κ1) is 19.6. The van der Waals surface area contributed by atoms with Gasteiger partial charge >= 0.3 is 0 Å². The van der Waals surface area contributed by atoms with E-state index in [0.29, 0.717) is 5.56 Å². The van der Waals surface area contributed by atoms with E-state index in [4.69, 9.17) is 4.98 Å². The molecule has 1 amide bonds. The van der Waals surface area contributed by atoms with Gasteiger partial charge in [-0.05, 0) is 74.6 Å². The number of carbonyl (C=O) groups is 1. The summed E-state index contributed by atoms with van der Waals surface area (Å²) in [5.41, 5.74) is 2.93. The van der Waals surface area contributed by atoms with Gasteiger partial charge in [-0.15, -0.1) is 0 Å². The van der Waals surface area contributed by atoms with Crippen molar-refractivity contribution < 1.29 is 9.18 Å². The fourth-order valence-electron chi connectivity index (χ4n) is 4.42. The van der Waals surface area contributed by atoms with Crippen molar-refractivity contribution in [2.45, 2.75) is 38.6 Å². The van der Waals surface area contributed by atoms with E-state index in [2.05, 4.69) is 33.2 Å². The monoisotopic (exact) mass is 417 g/mol. The molecule has 1 N–H and O–H groups in total. The smallest absolute Gasteiger partial charge is 0.252 e. The zero-order valence-corrected chi connectivity index (χ0v) is 17.6. The first-order chi connectivity index (χ1) is 15.0. The lowest BCUT2D eigenvalue weighted by Gasteiger charge is -2.31. The fraction of sp³-hybridized carbons (Fsp3) is 0.333. The summed E-state index contributed by atoms with van der Waals surface area (Å²) in [4.78, 5) is 28.8. The Labute approximate surface area is 180 Å². The molecule has 158 valence electrons. The van der Waals surface area contributed by atoms with E-state index >= 15 is 0 Å². The van der Waals surface area contributed by atoms with Gasteiger partial charge in [-0.1, -0.05) is 6.92 Å². The average molecular weight is 417 g/mol. The molecule has 6 nitrogen and oxygen atoms in total. The summed E-state index contributed by atoms with van der Waals surface area (Å²) in [6, 6.07) is 11.6. The summed E-state index contributed by atoms with van der Waals surface area (Å²) >= 11 is 0. The minimum absolute atomic E-state index is 0.207. The van der Waals surface area contributed by atoms with Gasteiger partial charge in [-0.2, -0.15) is 0 Å². The highest BCUT2D eigenvalue weighted by atomic mass is 19.1. The second kappa shape index (κ2) is 7.41. The number of nitrogens with one attached hydrogen (secondary N) is 1. The number of nitrogens with zero attached hydrogens (tertiary/aromatic N) is 4. The SMILES string of the molecule is Cc1nccc(N2CCCc3nc(C4(NC(=O)c5ccc(F)cc5)C[C@@H]4C)ccc32)n1. The van der Waals surface area contributed by atoms with Gasteiger partial charge in [-0.3, -0.25) is 9.78 Å². The Bertz CT molecular complexity index is 1150. The van der Waals surface area contributed by atoms with Crippen LogP contribution in [0.25, 0.3) is 0 Å². The molecule has 7 heteroatoms. The molecule has 0 saturated heterocycles. The molecule has 0 spiro atoms. The van der Waals surface area contributed by atoms with Crippen LogP contribution in [0.5, 0.6) is 0 Å². The fourth-order valence-corrected chi connectivity index (χ4v) is 4.42. The van der Waals surface area contributed by atoms with Crippen LogP contribution in [0, 0.1) is 18.7 Å². The molecule has 1 aliphatic heterocycles. The van der Waals surface area contributed by atoms with Crippen molar-refractivity contribution in [1.29, 1.82) is 0 Å². The van der Waals surface area contributed by atoms with Gasteiger partial charge in [-0.25, -0.2) is 14.4 Å². The van der Waals surface area contributed by atoms with E-state index in [1.54, 1.807) is 6.20 Å². The van der Waals surface area contributed by atoms with Crippen molar-refractivity contribution in [2.75, 3.05) is 11.4 Å². The number of amides is 1. The highest BCUT2D eigenvalue weighted by molar-refractivity contribution is 5.95. The van der Waals surface area contributed by atoms with Crippen LogP contribution in [0.3, 0.4) is 0 Å². The molecule has 5 rings (SSSR count). The normalized spacial score (nSPS) is 22.0. The molecule has 31 heavy (non-hydrogen) atoms. The van der Waals surface area contributed by atoms with Crippen molar-refractivity contribution >= 4 is 17.4 Å². The number of anilines is 2. The number of rotatable bonds is 4. The number of hydrogen-bond acceptors (Lipinski definition) is 5. The standard InChI is InChI=1S/C24H24FN5O/c1-15-14-24(15,29-23(31)17-5-7-18(25)8-6-17)21-10-9-20-19(28-21)4-3-13-30(20)22-11-12-26-16(2)27-22/h5-12,15H,3-4,13-14H2,1-2H3,(H,29,31)/t15-,24?/m0/s1. The Kier molecular flexibility index (Phi) is 4.68. The van der Waals surface area contributed by atoms with Crippen LogP contribution in [0.4, 0.5) is 15.9 Å². The van der Waals surface area contributed by atoms with Gasteiger partial charge in [0.05, 0.1) is 22.6 Å². The molecule has 0 radical (unpaired) electrons. The highest BCUT2D eigenvalue weighted by Gasteiger charge is 2.55. The van der Waals surface area contributed by atoms with E-state index in [1.807, 2.05) is 19.1 Å². The summed E-state index contributed by atoms with van der Waals surface area (Å²) in [5, 5.41) is 3.17. The molecule has 3 heterocycles. The van der Waals surface area contributed by atoms with E-state index < -0.39 is 5.54 Å². The number of aromatic nitrogens is 3. The molecular weight excluding hydrogens is 393 g/mol. The Morgan fingerprint density at radius 1 is 1.16 bits per heavy atom. The first-order valence-corrected chi connectivity index (χ1v) is 10.6. The second-order valence-electron chi connectivity index (χ2n) is 8.42. The third-order valence-electron chi connectivity index (χ3n) is 6.28. The Balaban J connectivity index is 1.44. The van der Waals surface area contributed by atoms with Gasteiger partial charge in [0.25, 0.3) is 5.91 Å². The zero-order chi connectivity index (χ0) is 21.6. The average Bonchev–Trinajstić information content (AvgIpc) is 3.43. The maximum Gasteiger partial charge on any atom is 0.252 e. The zero-order valence-electron chi connectivity index (χ0n) is 17.6. The van der Waals surface area contributed by atoms with Gasteiger partial charge in [0.2, 0.25) is 0 Å². The molecule has 1 fully saturated rings. The predicted octanol–water partition coefficient (Wildman–Crippen LogP) is 4.07. The summed E-state index contributed by atoms with van der Waals surface area (Å²) in [5.74, 6) is 1.34. The van der Waals surface area contributed by atoms with Gasteiger partial charge < -0.3 is 10.2 Å². The van der Waals surface area contributed by atoms with Crippen LogP contribution in [0.15, 0.2) is 48.7 Å². The number of benzene rings is 1. The molecule has 1 saturated carbocycles. The lowest BCUT2D eigenvalue weighted by Crippen LogP contribution is -2.37. The van der Waals surface area contributed by atoms with E-state index in [1.165, 1.54) is 24.3 Å². The summed E-state index contributed by atoms with van der Waals surface area (Å²) in [6.45, 7) is 4.88. The van der Waals surface area contributed by atoms with Crippen molar-refractivity contribution in [3.63, 3.8) is 0 Å². The van der Waals surface area contributed by atoms with Gasteiger partial charge in [0.1, 0.15) is 17.5 Å². The Morgan fingerprint density at radius 3 is 2.65 bits per heavy atom. The summed E-state index contributed by atoms with van der Waals surface area (Å²) in [7, 11) is 0. The number of fused-ring (bicyclic) bond motifs is 1. The molecule has 2 aliphatic rings. The van der Waals surface area contributed by atoms with E-state index in [-0.39, 0.29) is 17.6 Å². The lowest BCUT2D eigenvalue weighted by molar-refractivity contribution is 0.0926. The summed E-state index contributed by atoms with van der Waals surface area (Å²) < 4.78 is 13.2. The quantitative estimate of drug-likeness (QED) is 0.693. The molecule has 1 aliphatic carbocycles. The largest absolute Gasteiger partial charge is 0.341 e. The van der Waals surface area contributed by atoms with E-state index in [9.17, 15) is 9.18 Å². The molecular formula is C24H24FN5O. The van der Waals surface area contributed by atoms with Gasteiger partial charge in [0, 0.05) is 18.3 Å². The Hall–Kier alpha value is -3.35. The maximum absolute atomic E-state index is 13.2. The highest BCUT2D eigenvalue weighted by Crippen LogP contribution is 2.51. The van der Waals surface area contributed by atoms with Crippen LogP contribution in [0.2, 0.25) is 0 Å². The van der Waals surface area contributed by atoms with Crippen LogP contribution in [-0.2, 0) is 12.0 Å². The second-order valence-corrected chi connectivity index (χ2v) is 8.42. The van der Waals surface area contributed by atoms with Crippen LogP contribution < -0.4 is 10.2 Å². The molecule has 1 aromatic carbocycles. The third-order valence-corrected chi connectivity index (χ3v) is 6.28. The number of pyridine rings is 1. The topological polar surface area (TPSA) is 71.0 Å². The first-order valence-electron chi connectivity index (χ1n) is 10.6. The maximum atomic E-state index is 13.2. The minimum atomic E-state index is -0.478. The van der Waals surface area contributed by atoms with Crippen molar-refractivity contribution in [1.82, 2.24) is 20.3 Å². The van der Waals surface area contributed by atoms with Crippen LogP contribution in [0.1, 0.15) is 47.3 Å². The third kappa shape index (κ3) is 3.54. The van der Waals surface area contributed by atoms with Crippen LogP contribution >= 0.6 is 0 Å². The predicted molar refractivity (Wildman–Crippen MR) is 116 cm³/mol. The minimum Gasteiger partial charge on any atom is -0.341 e. The van der Waals surface area contributed by atoms with E-state index in [0.717, 1.165) is 54.5 Å².